The molecule has 0 N–H and O–H groups in total. The summed E-state index contributed by atoms with van der Waals surface area (Å²) in [6.45, 7) is 0.614. The maximum absolute atomic E-state index is 14.2. The Kier molecular flexibility index (Phi) is 7.44. The van der Waals surface area contributed by atoms with Crippen molar-refractivity contribution in [3.8, 4) is 5.75 Å². The predicted molar refractivity (Wildman–Crippen MR) is 113 cm³/mol. The van der Waals surface area contributed by atoms with Gasteiger partial charge in [0.05, 0.1) is 10.5 Å². The van der Waals surface area contributed by atoms with Gasteiger partial charge < -0.3 is 14.5 Å². The van der Waals surface area contributed by atoms with Gasteiger partial charge in [-0.3, -0.25) is 4.79 Å². The molecule has 0 bridgehead atoms. The van der Waals surface area contributed by atoms with Gasteiger partial charge in [-0.1, -0.05) is 0 Å². The van der Waals surface area contributed by atoms with Gasteiger partial charge in [-0.2, -0.15) is 26.3 Å². The average molecular weight is 543 g/mol. The number of amides is 1. The molecule has 1 aromatic heterocycles. The van der Waals surface area contributed by atoms with Crippen LogP contribution in [-0.2, 0) is 16.0 Å². The lowest BCUT2D eigenvalue weighted by Crippen LogP contribution is -2.49. The number of aromatic nitrogens is 1. The predicted octanol–water partition coefficient (Wildman–Crippen LogP) is 3.94. The second kappa shape index (κ2) is 9.75. The zero-order chi connectivity index (χ0) is 27.1. The van der Waals surface area contributed by atoms with E-state index in [1.165, 1.54) is 9.80 Å². The average Bonchev–Trinajstić information content (AvgIpc) is 2.76. The third-order valence-electron chi connectivity index (χ3n) is 5.34. The van der Waals surface area contributed by atoms with E-state index in [0.29, 0.717) is 12.3 Å². The molecule has 7 nitrogen and oxygen atoms in total. The van der Waals surface area contributed by atoms with Gasteiger partial charge in [0.15, 0.2) is 27.6 Å². The highest BCUT2D eigenvalue weighted by molar-refractivity contribution is 7.90. The zero-order valence-corrected chi connectivity index (χ0v) is 19.6. The Morgan fingerprint density at radius 2 is 1.64 bits per heavy atom. The number of carbonyl (C=O) groups is 1. The van der Waals surface area contributed by atoms with Crippen molar-refractivity contribution in [2.24, 2.45) is 0 Å². The maximum Gasteiger partial charge on any atom is 0.425 e. The summed E-state index contributed by atoms with van der Waals surface area (Å²) < 4.78 is 120. The second-order valence-electron chi connectivity index (χ2n) is 8.07. The molecule has 1 aliphatic rings. The lowest BCUT2D eigenvalue weighted by atomic mass is 10.1. The van der Waals surface area contributed by atoms with E-state index >= 15 is 0 Å². The highest BCUT2D eigenvalue weighted by Gasteiger charge is 2.38. The minimum atomic E-state index is -4.77. The van der Waals surface area contributed by atoms with Crippen LogP contribution in [0.4, 0.5) is 36.6 Å². The molecule has 1 saturated heterocycles. The van der Waals surface area contributed by atoms with Crippen LogP contribution in [0.25, 0.3) is 0 Å². The molecule has 1 fully saturated rings. The minimum absolute atomic E-state index is 0.0126. The van der Waals surface area contributed by atoms with E-state index in [9.17, 15) is 43.9 Å². The van der Waals surface area contributed by atoms with Crippen molar-refractivity contribution in [3.63, 3.8) is 0 Å². The van der Waals surface area contributed by atoms with Crippen molar-refractivity contribution < 1.29 is 48.7 Å². The quantitative estimate of drug-likeness (QED) is 0.532. The van der Waals surface area contributed by atoms with E-state index in [4.69, 9.17) is 4.74 Å². The molecule has 36 heavy (non-hydrogen) atoms. The topological polar surface area (TPSA) is 79.8 Å². The molecular weight excluding hydrogens is 523 g/mol. The summed E-state index contributed by atoms with van der Waals surface area (Å²) in [5.74, 6) is -2.71. The first kappa shape index (κ1) is 27.5. The Hall–Kier alpha value is -3.10. The van der Waals surface area contributed by atoms with Crippen LogP contribution in [0.3, 0.4) is 0 Å². The molecule has 1 atom stereocenters. The van der Waals surface area contributed by atoms with Gasteiger partial charge in [-0.15, -0.1) is 0 Å². The zero-order valence-electron chi connectivity index (χ0n) is 18.8. The van der Waals surface area contributed by atoms with Crippen LogP contribution in [0.5, 0.6) is 5.75 Å². The Balaban J connectivity index is 1.79. The minimum Gasteiger partial charge on any atom is -0.481 e. The highest BCUT2D eigenvalue weighted by atomic mass is 32.2. The number of alkyl halides is 6. The lowest BCUT2D eigenvalue weighted by Gasteiger charge is -2.35. The number of nitrogens with zero attached hydrogens (tertiary/aromatic N) is 3. The lowest BCUT2D eigenvalue weighted by molar-refractivity contribution is -0.189. The fourth-order valence-electron chi connectivity index (χ4n) is 3.37. The fraction of sp³-hybridized carbons (Fsp3) is 0.429. The molecular formula is C21H20F7N3O4S. The molecule has 15 heteroatoms. The number of benzene rings is 1. The van der Waals surface area contributed by atoms with Gasteiger partial charge in [0, 0.05) is 44.2 Å². The molecule has 1 aliphatic heterocycles. The molecule has 198 valence electrons. The Labute approximate surface area is 201 Å². The summed E-state index contributed by atoms with van der Waals surface area (Å²) >= 11 is 0. The van der Waals surface area contributed by atoms with Gasteiger partial charge >= 0.3 is 12.4 Å². The largest absolute Gasteiger partial charge is 0.481 e. The van der Waals surface area contributed by atoms with Crippen molar-refractivity contribution in [1.82, 2.24) is 9.88 Å². The van der Waals surface area contributed by atoms with E-state index in [2.05, 4.69) is 4.98 Å². The second-order valence-corrected chi connectivity index (χ2v) is 10.1. The van der Waals surface area contributed by atoms with Gasteiger partial charge in [-0.05, 0) is 31.2 Å². The first-order chi connectivity index (χ1) is 16.5. The summed E-state index contributed by atoms with van der Waals surface area (Å²) in [7, 11) is -3.92. The Morgan fingerprint density at radius 1 is 1.03 bits per heavy atom. The maximum atomic E-state index is 14.2. The summed E-state index contributed by atoms with van der Waals surface area (Å²) in [6, 6.07) is 3.19. The van der Waals surface area contributed by atoms with Crippen LogP contribution in [0, 0.1) is 5.82 Å². The summed E-state index contributed by atoms with van der Waals surface area (Å²) in [4.78, 5) is 18.7. The van der Waals surface area contributed by atoms with Crippen molar-refractivity contribution >= 4 is 21.6 Å². The molecule has 2 heterocycles. The van der Waals surface area contributed by atoms with Crippen molar-refractivity contribution in [1.29, 1.82) is 0 Å². The number of ether oxygens (including phenoxy) is 1. The van der Waals surface area contributed by atoms with Gasteiger partial charge in [0.25, 0.3) is 5.91 Å². The molecule has 0 unspecified atom stereocenters. The van der Waals surface area contributed by atoms with Crippen LogP contribution >= 0.6 is 0 Å². The molecule has 1 amide bonds. The normalized spacial score (nSPS) is 16.1. The van der Waals surface area contributed by atoms with E-state index in [0.717, 1.165) is 31.4 Å². The first-order valence-electron chi connectivity index (χ1n) is 10.3. The number of sulfone groups is 1. The molecule has 0 radical (unpaired) electrons. The van der Waals surface area contributed by atoms with Crippen LogP contribution in [-0.4, -0.2) is 68.9 Å². The van der Waals surface area contributed by atoms with Crippen LogP contribution in [0.15, 0.2) is 35.4 Å². The molecule has 2 aromatic rings. The van der Waals surface area contributed by atoms with E-state index in [-0.39, 0.29) is 37.6 Å². The number of piperazine rings is 1. The van der Waals surface area contributed by atoms with E-state index < -0.39 is 56.2 Å². The first-order valence-corrected chi connectivity index (χ1v) is 12.2. The third kappa shape index (κ3) is 6.36. The Bertz CT molecular complexity index is 1240. The van der Waals surface area contributed by atoms with Gasteiger partial charge in [0.1, 0.15) is 5.75 Å². The fourth-order valence-corrected chi connectivity index (χ4v) is 4.04. The summed E-state index contributed by atoms with van der Waals surface area (Å²) in [6.07, 6.45) is -10.5. The van der Waals surface area contributed by atoms with Crippen molar-refractivity contribution in [2.75, 3.05) is 37.3 Å². The number of halogens is 7. The van der Waals surface area contributed by atoms with Gasteiger partial charge in [0.2, 0.25) is 0 Å². The van der Waals surface area contributed by atoms with Crippen molar-refractivity contribution in [3.05, 3.63) is 47.4 Å². The molecule has 0 saturated carbocycles. The number of carbonyl (C=O) groups excluding carboxylic acids is 1. The molecule has 3 rings (SSSR count). The number of pyridine rings is 1. The number of anilines is 1. The van der Waals surface area contributed by atoms with Crippen LogP contribution in [0.1, 0.15) is 22.8 Å². The number of hydrogen-bond donors (Lipinski definition) is 0. The molecule has 0 aliphatic carbocycles. The van der Waals surface area contributed by atoms with Crippen LogP contribution in [0.2, 0.25) is 0 Å². The van der Waals surface area contributed by atoms with Crippen LogP contribution < -0.4 is 9.64 Å². The smallest absolute Gasteiger partial charge is 0.425 e. The molecule has 1 aromatic carbocycles. The van der Waals surface area contributed by atoms with E-state index in [1.54, 1.807) is 0 Å². The number of hydrogen-bond acceptors (Lipinski definition) is 6. The summed E-state index contributed by atoms with van der Waals surface area (Å²) in [5.41, 5.74) is -1.49. The SMILES string of the molecule is C[C@H](Oc1cc(C(=O)N2CCN(c3ncc(C(F)(F)F)cc3F)CC2)cc(S(C)(=O)=O)c1)C(F)(F)F. The van der Waals surface area contributed by atoms with Crippen molar-refractivity contribution in [2.45, 2.75) is 30.3 Å². The van der Waals surface area contributed by atoms with Gasteiger partial charge in [-0.25, -0.2) is 17.8 Å². The standard InChI is InChI=1S/C21H20F7N3O4S/c1-12(20(23,24)25)35-15-7-13(8-16(10-15)36(2,33)34)19(32)31-5-3-30(4-6-31)18-17(22)9-14(11-29-18)21(26,27)28/h7-12H,3-6H2,1-2H3/t12-/m0/s1. The monoisotopic (exact) mass is 543 g/mol. The van der Waals surface area contributed by atoms with E-state index in [1.807, 2.05) is 0 Å². The Morgan fingerprint density at radius 3 is 2.14 bits per heavy atom. The highest BCUT2D eigenvalue weighted by Crippen LogP contribution is 2.32. The third-order valence-corrected chi connectivity index (χ3v) is 6.44. The number of rotatable bonds is 5. The summed E-state index contributed by atoms with van der Waals surface area (Å²) in [5, 5.41) is 0. The molecule has 0 spiro atoms.